The first-order valence-electron chi connectivity index (χ1n) is 5.79. The number of aryl methyl sites for hydroxylation is 1. The maximum absolute atomic E-state index is 12.8. The lowest BCUT2D eigenvalue weighted by molar-refractivity contribution is -0.142. The Kier molecular flexibility index (Phi) is 3.73. The van der Waals surface area contributed by atoms with E-state index in [9.17, 15) is 13.2 Å². The predicted molar refractivity (Wildman–Crippen MR) is 65.4 cm³/mol. The van der Waals surface area contributed by atoms with Gasteiger partial charge in [-0.3, -0.25) is 4.68 Å². The smallest absolute Gasteiger partial charge is 0.306 e. The summed E-state index contributed by atoms with van der Waals surface area (Å²) in [5.41, 5.74) is -0.158. The maximum Gasteiger partial charge on any atom is 0.436 e. The molecule has 0 atom stereocenters. The Balaban J connectivity index is 2.31. The van der Waals surface area contributed by atoms with Gasteiger partial charge < -0.3 is 4.90 Å². The molecule has 0 saturated carbocycles. The highest BCUT2D eigenvalue weighted by Crippen LogP contribution is 2.40. The van der Waals surface area contributed by atoms with Crippen LogP contribution in [0.3, 0.4) is 0 Å². The number of hydrogen-bond acceptors (Lipinski definition) is 2. The summed E-state index contributed by atoms with van der Waals surface area (Å²) >= 11 is 3.07. The van der Waals surface area contributed by atoms with Gasteiger partial charge in [0.05, 0.1) is 10.2 Å². The molecule has 1 aliphatic heterocycles. The van der Waals surface area contributed by atoms with Gasteiger partial charge in [-0.05, 0) is 48.9 Å². The zero-order chi connectivity index (χ0) is 13.5. The molecular weight excluding hydrogens is 311 g/mol. The molecule has 0 unspecified atom stereocenters. The van der Waals surface area contributed by atoms with E-state index in [1.54, 1.807) is 7.05 Å². The lowest BCUT2D eigenvalue weighted by Crippen LogP contribution is -2.30. The summed E-state index contributed by atoms with van der Waals surface area (Å²) < 4.78 is 39.7. The number of piperidine rings is 1. The molecule has 2 rings (SSSR count). The highest BCUT2D eigenvalue weighted by atomic mass is 79.9. The predicted octanol–water partition coefficient (Wildman–Crippen LogP) is 3.01. The minimum atomic E-state index is -4.40. The van der Waals surface area contributed by atoms with Crippen molar-refractivity contribution in [3.63, 3.8) is 0 Å². The molecule has 0 aliphatic carbocycles. The lowest BCUT2D eigenvalue weighted by atomic mass is 9.93. The Morgan fingerprint density at radius 3 is 2.22 bits per heavy atom. The van der Waals surface area contributed by atoms with Gasteiger partial charge in [0.1, 0.15) is 0 Å². The van der Waals surface area contributed by atoms with E-state index in [1.807, 2.05) is 7.05 Å². The van der Waals surface area contributed by atoms with E-state index in [4.69, 9.17) is 0 Å². The standard InChI is InChI=1S/C11H15BrF3N3/c1-17-5-3-7(4-6-17)9-8(12)10(11(13,14)15)16-18(9)2/h7H,3-6H2,1-2H3. The highest BCUT2D eigenvalue weighted by molar-refractivity contribution is 9.10. The van der Waals surface area contributed by atoms with Gasteiger partial charge in [0.2, 0.25) is 0 Å². The SMILES string of the molecule is CN1CCC(c2c(Br)c(C(F)(F)F)nn2C)CC1. The van der Waals surface area contributed by atoms with Crippen molar-refractivity contribution in [1.29, 1.82) is 0 Å². The minimum Gasteiger partial charge on any atom is -0.306 e. The first kappa shape index (κ1) is 13.9. The quantitative estimate of drug-likeness (QED) is 0.791. The van der Waals surface area contributed by atoms with Crippen LogP contribution < -0.4 is 0 Å². The number of alkyl halides is 3. The minimum absolute atomic E-state index is 0.104. The Morgan fingerprint density at radius 1 is 1.22 bits per heavy atom. The van der Waals surface area contributed by atoms with E-state index in [0.29, 0.717) is 5.69 Å². The normalized spacial score (nSPS) is 19.4. The van der Waals surface area contributed by atoms with Crippen molar-refractivity contribution < 1.29 is 13.2 Å². The molecule has 3 nitrogen and oxygen atoms in total. The second-order valence-corrected chi connectivity index (χ2v) is 5.54. The zero-order valence-electron chi connectivity index (χ0n) is 10.3. The fourth-order valence-corrected chi connectivity index (χ4v) is 3.30. The van der Waals surface area contributed by atoms with Gasteiger partial charge in [0.15, 0.2) is 5.69 Å². The molecule has 18 heavy (non-hydrogen) atoms. The highest BCUT2D eigenvalue weighted by Gasteiger charge is 2.39. The fourth-order valence-electron chi connectivity index (χ4n) is 2.42. The van der Waals surface area contributed by atoms with E-state index in [1.165, 1.54) is 4.68 Å². The second kappa shape index (κ2) is 4.85. The van der Waals surface area contributed by atoms with Crippen molar-refractivity contribution in [2.75, 3.05) is 20.1 Å². The Morgan fingerprint density at radius 2 is 1.78 bits per heavy atom. The summed E-state index contributed by atoms with van der Waals surface area (Å²) in [6, 6.07) is 0. The molecule has 0 aromatic carbocycles. The van der Waals surface area contributed by atoms with Gasteiger partial charge in [-0.2, -0.15) is 18.3 Å². The van der Waals surface area contributed by atoms with Crippen molar-refractivity contribution in [3.05, 3.63) is 15.9 Å². The Labute approximate surface area is 112 Å². The zero-order valence-corrected chi connectivity index (χ0v) is 11.8. The van der Waals surface area contributed by atoms with Crippen molar-refractivity contribution in [1.82, 2.24) is 14.7 Å². The number of rotatable bonds is 1. The third-order valence-corrected chi connectivity index (χ3v) is 4.19. The molecule has 2 heterocycles. The second-order valence-electron chi connectivity index (χ2n) is 4.75. The molecule has 1 aromatic rings. The number of aromatic nitrogens is 2. The van der Waals surface area contributed by atoms with Crippen LogP contribution in [0.2, 0.25) is 0 Å². The van der Waals surface area contributed by atoms with Crippen LogP contribution >= 0.6 is 15.9 Å². The molecule has 0 spiro atoms. The molecule has 0 N–H and O–H groups in total. The molecule has 0 amide bonds. The van der Waals surface area contributed by atoms with Crippen molar-refractivity contribution in [2.45, 2.75) is 24.9 Å². The molecular formula is C11H15BrF3N3. The van der Waals surface area contributed by atoms with Crippen molar-refractivity contribution in [2.24, 2.45) is 7.05 Å². The molecule has 0 radical (unpaired) electrons. The van der Waals surface area contributed by atoms with Crippen LogP contribution in [-0.4, -0.2) is 34.8 Å². The van der Waals surface area contributed by atoms with Crippen LogP contribution in [0.25, 0.3) is 0 Å². The largest absolute Gasteiger partial charge is 0.436 e. The van der Waals surface area contributed by atoms with Gasteiger partial charge in [0, 0.05) is 13.0 Å². The van der Waals surface area contributed by atoms with Crippen molar-refractivity contribution >= 4 is 15.9 Å². The van der Waals surface area contributed by atoms with Crippen LogP contribution in [0, 0.1) is 0 Å². The van der Waals surface area contributed by atoms with Gasteiger partial charge >= 0.3 is 6.18 Å². The topological polar surface area (TPSA) is 21.1 Å². The lowest BCUT2D eigenvalue weighted by Gasteiger charge is -2.29. The van der Waals surface area contributed by atoms with E-state index in [-0.39, 0.29) is 10.4 Å². The van der Waals surface area contributed by atoms with Crippen LogP contribution in [0.5, 0.6) is 0 Å². The summed E-state index contributed by atoms with van der Waals surface area (Å²) in [7, 11) is 3.60. The molecule has 7 heteroatoms. The summed E-state index contributed by atoms with van der Waals surface area (Å²) in [6.07, 6.45) is -2.67. The summed E-state index contributed by atoms with van der Waals surface area (Å²) in [5, 5.41) is 3.61. The van der Waals surface area contributed by atoms with Crippen LogP contribution in [-0.2, 0) is 13.2 Å². The molecule has 102 valence electrons. The third kappa shape index (κ3) is 2.56. The van der Waals surface area contributed by atoms with E-state index >= 15 is 0 Å². The maximum atomic E-state index is 12.8. The number of halogens is 4. The van der Waals surface area contributed by atoms with E-state index < -0.39 is 11.9 Å². The number of nitrogens with zero attached hydrogens (tertiary/aromatic N) is 3. The molecule has 1 aromatic heterocycles. The molecule has 1 saturated heterocycles. The van der Waals surface area contributed by atoms with Crippen LogP contribution in [0.15, 0.2) is 4.47 Å². The van der Waals surface area contributed by atoms with Crippen LogP contribution in [0.4, 0.5) is 13.2 Å². The van der Waals surface area contributed by atoms with Gasteiger partial charge in [0.25, 0.3) is 0 Å². The van der Waals surface area contributed by atoms with Gasteiger partial charge in [-0.25, -0.2) is 0 Å². The summed E-state index contributed by atoms with van der Waals surface area (Å²) in [4.78, 5) is 2.19. The third-order valence-electron chi connectivity index (χ3n) is 3.41. The van der Waals surface area contributed by atoms with Crippen molar-refractivity contribution in [3.8, 4) is 0 Å². The number of likely N-dealkylation sites (tertiary alicyclic amines) is 1. The summed E-state index contributed by atoms with van der Waals surface area (Å²) in [5.74, 6) is 0.143. The van der Waals surface area contributed by atoms with Crippen LogP contribution in [0.1, 0.15) is 30.1 Å². The van der Waals surface area contributed by atoms with Gasteiger partial charge in [-0.15, -0.1) is 0 Å². The molecule has 1 aliphatic rings. The number of hydrogen-bond donors (Lipinski definition) is 0. The first-order chi connectivity index (χ1) is 8.30. The average Bonchev–Trinajstić information content (AvgIpc) is 2.56. The molecule has 1 fully saturated rings. The fraction of sp³-hybridized carbons (Fsp3) is 0.727. The van der Waals surface area contributed by atoms with Gasteiger partial charge in [-0.1, -0.05) is 0 Å². The van der Waals surface area contributed by atoms with E-state index in [2.05, 4.69) is 25.9 Å². The summed E-state index contributed by atoms with van der Waals surface area (Å²) in [6.45, 7) is 1.81. The Hall–Kier alpha value is -0.560. The molecule has 0 bridgehead atoms. The first-order valence-corrected chi connectivity index (χ1v) is 6.58. The average molecular weight is 326 g/mol. The Bertz CT molecular complexity index is 433. The van der Waals surface area contributed by atoms with E-state index in [0.717, 1.165) is 25.9 Å². The monoisotopic (exact) mass is 325 g/mol.